The van der Waals surface area contributed by atoms with Crippen molar-refractivity contribution >= 4 is 0 Å². The minimum atomic E-state index is -0.295. The highest BCUT2D eigenvalue weighted by molar-refractivity contribution is 4.87. The Balaban J connectivity index is 2.39. The Bertz CT molecular complexity index is 165. The minimum Gasteiger partial charge on any atom is -0.374 e. The zero-order chi connectivity index (χ0) is 10.4. The molecule has 2 unspecified atom stereocenters. The van der Waals surface area contributed by atoms with Crippen LogP contribution in [0.25, 0.3) is 0 Å². The molecule has 0 aromatic carbocycles. The van der Waals surface area contributed by atoms with Crippen LogP contribution in [-0.2, 0) is 4.74 Å². The van der Waals surface area contributed by atoms with Crippen LogP contribution in [0.15, 0.2) is 0 Å². The lowest BCUT2D eigenvalue weighted by Crippen LogP contribution is -2.44. The summed E-state index contributed by atoms with van der Waals surface area (Å²) in [5.41, 5.74) is 5.62. The second-order valence-corrected chi connectivity index (χ2v) is 4.48. The Morgan fingerprint density at radius 3 is 2.93 bits per heavy atom. The highest BCUT2D eigenvalue weighted by Gasteiger charge is 2.34. The molecule has 0 aromatic heterocycles. The van der Waals surface area contributed by atoms with E-state index in [1.165, 1.54) is 12.8 Å². The summed E-state index contributed by atoms with van der Waals surface area (Å²) in [6.45, 7) is 3.03. The Kier molecular flexibility index (Phi) is 4.82. The molecule has 1 aliphatic carbocycles. The van der Waals surface area contributed by atoms with Crippen molar-refractivity contribution in [3.05, 3.63) is 0 Å². The normalized spacial score (nSPS) is 33.2. The monoisotopic (exact) mass is 203 g/mol. The first-order valence-corrected chi connectivity index (χ1v) is 5.62. The highest BCUT2D eigenvalue weighted by atomic mass is 19.1. The van der Waals surface area contributed by atoms with E-state index in [0.717, 1.165) is 12.8 Å². The number of ether oxygens (including phenoxy) is 1. The average molecular weight is 203 g/mol. The fourth-order valence-corrected chi connectivity index (χ4v) is 2.33. The van der Waals surface area contributed by atoms with Crippen LogP contribution >= 0.6 is 0 Å². The van der Waals surface area contributed by atoms with Crippen LogP contribution in [0.4, 0.5) is 4.39 Å². The van der Waals surface area contributed by atoms with Crippen LogP contribution in [0.2, 0.25) is 0 Å². The van der Waals surface area contributed by atoms with Crippen molar-refractivity contribution in [2.45, 2.75) is 44.6 Å². The molecule has 0 aliphatic heterocycles. The smallest absolute Gasteiger partial charge is 0.0916 e. The number of halogens is 1. The topological polar surface area (TPSA) is 35.2 Å². The first-order chi connectivity index (χ1) is 6.72. The molecule has 3 heteroatoms. The summed E-state index contributed by atoms with van der Waals surface area (Å²) in [7, 11) is 0. The fourth-order valence-electron chi connectivity index (χ4n) is 2.33. The van der Waals surface area contributed by atoms with Gasteiger partial charge in [0.1, 0.15) is 0 Å². The quantitative estimate of drug-likeness (QED) is 0.696. The van der Waals surface area contributed by atoms with Gasteiger partial charge in [-0.2, -0.15) is 0 Å². The summed E-state index contributed by atoms with van der Waals surface area (Å²) in [6.07, 6.45) is 5.04. The molecular weight excluding hydrogens is 181 g/mol. The van der Waals surface area contributed by atoms with Crippen molar-refractivity contribution in [3.63, 3.8) is 0 Å². The molecule has 1 aliphatic rings. The lowest BCUT2D eigenvalue weighted by molar-refractivity contribution is -0.0758. The van der Waals surface area contributed by atoms with Crippen LogP contribution in [0, 0.1) is 5.92 Å². The van der Waals surface area contributed by atoms with Gasteiger partial charge in [-0.15, -0.1) is 0 Å². The Hall–Kier alpha value is -0.150. The number of hydrogen-bond acceptors (Lipinski definition) is 2. The largest absolute Gasteiger partial charge is 0.374 e. The van der Waals surface area contributed by atoms with Crippen LogP contribution in [0.5, 0.6) is 0 Å². The molecule has 0 heterocycles. The number of nitrogens with two attached hydrogens (primary N) is 1. The molecular formula is C11H22FNO. The zero-order valence-electron chi connectivity index (χ0n) is 9.10. The van der Waals surface area contributed by atoms with Crippen molar-refractivity contribution in [2.75, 3.05) is 19.8 Å². The molecule has 0 spiro atoms. The van der Waals surface area contributed by atoms with E-state index in [4.69, 9.17) is 10.5 Å². The third-order valence-corrected chi connectivity index (χ3v) is 3.11. The predicted molar refractivity (Wildman–Crippen MR) is 56.0 cm³/mol. The van der Waals surface area contributed by atoms with Crippen molar-refractivity contribution in [1.29, 1.82) is 0 Å². The summed E-state index contributed by atoms with van der Waals surface area (Å²) < 4.78 is 17.7. The van der Waals surface area contributed by atoms with Gasteiger partial charge in [-0.3, -0.25) is 4.39 Å². The number of rotatable bonds is 5. The summed E-state index contributed by atoms with van der Waals surface area (Å²) >= 11 is 0. The SMILES string of the molecule is CC1CCCC(CN)(OCCCF)C1. The molecule has 0 aromatic rings. The molecule has 1 rings (SSSR count). The molecule has 1 fully saturated rings. The van der Waals surface area contributed by atoms with E-state index in [-0.39, 0.29) is 12.3 Å². The number of hydrogen-bond donors (Lipinski definition) is 1. The molecule has 2 nitrogen and oxygen atoms in total. The van der Waals surface area contributed by atoms with Gasteiger partial charge in [-0.25, -0.2) is 0 Å². The second-order valence-electron chi connectivity index (χ2n) is 4.48. The predicted octanol–water partition coefficient (Wildman–Crippen LogP) is 2.27. The van der Waals surface area contributed by atoms with E-state index < -0.39 is 0 Å². The van der Waals surface area contributed by atoms with Gasteiger partial charge in [-0.1, -0.05) is 19.8 Å². The Labute approximate surface area is 86.0 Å². The van der Waals surface area contributed by atoms with E-state index in [9.17, 15) is 4.39 Å². The summed E-state index contributed by atoms with van der Waals surface area (Å²) in [4.78, 5) is 0. The third-order valence-electron chi connectivity index (χ3n) is 3.11. The van der Waals surface area contributed by atoms with Crippen molar-refractivity contribution < 1.29 is 9.13 Å². The maximum atomic E-state index is 11.9. The lowest BCUT2D eigenvalue weighted by Gasteiger charge is -2.39. The molecule has 14 heavy (non-hydrogen) atoms. The maximum Gasteiger partial charge on any atom is 0.0916 e. The minimum absolute atomic E-state index is 0.146. The third kappa shape index (κ3) is 3.21. The highest BCUT2D eigenvalue weighted by Crippen LogP contribution is 2.34. The van der Waals surface area contributed by atoms with E-state index in [1.807, 2.05) is 0 Å². The van der Waals surface area contributed by atoms with Gasteiger partial charge in [0.25, 0.3) is 0 Å². The van der Waals surface area contributed by atoms with E-state index >= 15 is 0 Å². The van der Waals surface area contributed by atoms with Crippen molar-refractivity contribution in [1.82, 2.24) is 0 Å². The van der Waals surface area contributed by atoms with Gasteiger partial charge in [0.15, 0.2) is 0 Å². The van der Waals surface area contributed by atoms with Gasteiger partial charge in [-0.05, 0) is 25.2 Å². The standard InChI is InChI=1S/C11H22FNO/c1-10-4-2-5-11(8-10,9-13)14-7-3-6-12/h10H,2-9,13H2,1H3. The van der Waals surface area contributed by atoms with Gasteiger partial charge in [0.05, 0.1) is 12.3 Å². The van der Waals surface area contributed by atoms with Crippen molar-refractivity contribution in [2.24, 2.45) is 11.7 Å². The van der Waals surface area contributed by atoms with Gasteiger partial charge < -0.3 is 10.5 Å². The van der Waals surface area contributed by atoms with E-state index in [1.54, 1.807) is 0 Å². The first kappa shape index (κ1) is 11.9. The molecule has 2 N–H and O–H groups in total. The van der Waals surface area contributed by atoms with E-state index in [0.29, 0.717) is 25.5 Å². The van der Waals surface area contributed by atoms with Crippen LogP contribution < -0.4 is 5.73 Å². The van der Waals surface area contributed by atoms with Crippen molar-refractivity contribution in [3.8, 4) is 0 Å². The van der Waals surface area contributed by atoms with Crippen LogP contribution in [0.3, 0.4) is 0 Å². The molecule has 0 radical (unpaired) electrons. The molecule has 2 atom stereocenters. The molecule has 1 saturated carbocycles. The molecule has 0 saturated heterocycles. The Morgan fingerprint density at radius 2 is 2.36 bits per heavy atom. The first-order valence-electron chi connectivity index (χ1n) is 5.62. The second kappa shape index (κ2) is 5.66. The lowest BCUT2D eigenvalue weighted by atomic mass is 9.79. The van der Waals surface area contributed by atoms with E-state index in [2.05, 4.69) is 6.92 Å². The zero-order valence-corrected chi connectivity index (χ0v) is 9.10. The number of alkyl halides is 1. The van der Waals surface area contributed by atoms with Crippen LogP contribution in [-0.4, -0.2) is 25.4 Å². The van der Waals surface area contributed by atoms with Gasteiger partial charge in [0, 0.05) is 13.2 Å². The van der Waals surface area contributed by atoms with Crippen LogP contribution in [0.1, 0.15) is 39.0 Å². The fraction of sp³-hybridized carbons (Fsp3) is 1.00. The summed E-state index contributed by atoms with van der Waals surface area (Å²) in [6, 6.07) is 0. The maximum absolute atomic E-state index is 11.9. The Morgan fingerprint density at radius 1 is 1.57 bits per heavy atom. The average Bonchev–Trinajstić information content (AvgIpc) is 2.18. The summed E-state index contributed by atoms with van der Waals surface area (Å²) in [5.74, 6) is 0.692. The van der Waals surface area contributed by atoms with Gasteiger partial charge >= 0.3 is 0 Å². The molecule has 84 valence electrons. The van der Waals surface area contributed by atoms with Gasteiger partial charge in [0.2, 0.25) is 0 Å². The summed E-state index contributed by atoms with van der Waals surface area (Å²) in [5, 5.41) is 0. The molecule has 0 bridgehead atoms. The molecule has 0 amide bonds.